The molecule has 1 spiro atoms. The van der Waals surface area contributed by atoms with E-state index in [2.05, 4.69) is 20.8 Å². The summed E-state index contributed by atoms with van der Waals surface area (Å²) < 4.78 is 12.5. The normalized spacial score (nSPS) is 61.8. The Balaban J connectivity index is 1.82. The van der Waals surface area contributed by atoms with Crippen molar-refractivity contribution in [3.8, 4) is 0 Å². The molecule has 4 heteroatoms. The first-order valence-electron chi connectivity index (χ1n) is 8.16. The summed E-state index contributed by atoms with van der Waals surface area (Å²) in [5, 5.41) is 0. The summed E-state index contributed by atoms with van der Waals surface area (Å²) in [5.74, 6) is 1.44. The predicted molar refractivity (Wildman–Crippen MR) is 72.5 cm³/mol. The highest BCUT2D eigenvalue weighted by atomic mass is 17.3. The van der Waals surface area contributed by atoms with E-state index in [0.717, 1.165) is 12.8 Å². The van der Waals surface area contributed by atoms with Gasteiger partial charge in [0.2, 0.25) is 5.79 Å². The third-order valence-corrected chi connectivity index (χ3v) is 6.49. The smallest absolute Gasteiger partial charge is 0.201 e. The van der Waals surface area contributed by atoms with E-state index in [4.69, 9.17) is 19.2 Å². The van der Waals surface area contributed by atoms with Crippen LogP contribution in [-0.4, -0.2) is 23.8 Å². The third-order valence-electron chi connectivity index (χ3n) is 6.49. The summed E-state index contributed by atoms with van der Waals surface area (Å²) in [5.41, 5.74) is -0.389. The molecule has 4 saturated heterocycles. The van der Waals surface area contributed by atoms with Crippen LogP contribution < -0.4 is 0 Å². The summed E-state index contributed by atoms with van der Waals surface area (Å²) in [6.07, 6.45) is 4.41. The minimum absolute atomic E-state index is 0.219. The van der Waals surface area contributed by atoms with Crippen LogP contribution in [0.3, 0.4) is 0 Å². The molecular formula is C16H26O4. The molecule has 0 radical (unpaired) electrons. The Kier molecular flexibility index (Phi) is 2.83. The van der Waals surface area contributed by atoms with Crippen molar-refractivity contribution in [1.82, 2.24) is 0 Å². The molecule has 0 unspecified atom stereocenters. The molecule has 2 bridgehead atoms. The molecule has 8 atom stereocenters. The quantitative estimate of drug-likeness (QED) is 0.639. The monoisotopic (exact) mass is 282 g/mol. The van der Waals surface area contributed by atoms with Crippen LogP contribution in [0, 0.1) is 23.7 Å². The zero-order valence-electron chi connectivity index (χ0n) is 12.9. The van der Waals surface area contributed by atoms with E-state index in [1.54, 1.807) is 0 Å². The third kappa shape index (κ3) is 1.57. The van der Waals surface area contributed by atoms with Crippen molar-refractivity contribution < 1.29 is 19.2 Å². The van der Waals surface area contributed by atoms with Crippen LogP contribution in [0.25, 0.3) is 0 Å². The molecule has 4 nitrogen and oxygen atoms in total. The second-order valence-electron chi connectivity index (χ2n) is 7.61. The second kappa shape index (κ2) is 4.19. The van der Waals surface area contributed by atoms with Gasteiger partial charge in [0.1, 0.15) is 0 Å². The average molecular weight is 282 g/mol. The lowest BCUT2D eigenvalue weighted by Gasteiger charge is -2.60. The van der Waals surface area contributed by atoms with Crippen molar-refractivity contribution in [2.45, 2.75) is 77.2 Å². The molecule has 114 valence electrons. The highest BCUT2D eigenvalue weighted by Gasteiger charge is 2.68. The standard InChI is InChI=1S/C16H26O4/c1-9-5-6-13-10(2)11(3)17-14-16(13)12(9)7-8-15(4,18-14)19-20-16/h9-14H,5-8H2,1-4H3/t9-,10+,11+,12+,13+,14-,15-,16-/m1/s1. The van der Waals surface area contributed by atoms with Crippen LogP contribution in [0.2, 0.25) is 0 Å². The van der Waals surface area contributed by atoms with Crippen LogP contribution in [0.4, 0.5) is 0 Å². The van der Waals surface area contributed by atoms with Gasteiger partial charge in [-0.1, -0.05) is 13.8 Å². The summed E-state index contributed by atoms with van der Waals surface area (Å²) in [6, 6.07) is 0. The van der Waals surface area contributed by atoms with Gasteiger partial charge in [0.05, 0.1) is 6.10 Å². The number of ether oxygens (including phenoxy) is 2. The highest BCUT2D eigenvalue weighted by molar-refractivity contribution is 5.09. The second-order valence-corrected chi connectivity index (χ2v) is 7.61. The summed E-state index contributed by atoms with van der Waals surface area (Å²) in [4.78, 5) is 11.8. The van der Waals surface area contributed by atoms with E-state index in [9.17, 15) is 0 Å². The van der Waals surface area contributed by atoms with Gasteiger partial charge in [0.25, 0.3) is 0 Å². The molecule has 1 aliphatic carbocycles. The maximum atomic E-state index is 6.23. The van der Waals surface area contributed by atoms with E-state index in [1.165, 1.54) is 12.8 Å². The topological polar surface area (TPSA) is 36.9 Å². The zero-order valence-corrected chi connectivity index (χ0v) is 12.9. The van der Waals surface area contributed by atoms with Gasteiger partial charge in [0, 0.05) is 12.3 Å². The fourth-order valence-electron chi connectivity index (χ4n) is 5.08. The Hall–Kier alpha value is -0.160. The van der Waals surface area contributed by atoms with Crippen molar-refractivity contribution >= 4 is 0 Å². The Labute approximate surface area is 121 Å². The lowest BCUT2D eigenvalue weighted by molar-refractivity contribution is -0.570. The molecule has 5 fully saturated rings. The van der Waals surface area contributed by atoms with E-state index >= 15 is 0 Å². The fourth-order valence-corrected chi connectivity index (χ4v) is 5.08. The lowest BCUT2D eigenvalue weighted by Crippen LogP contribution is -2.70. The van der Waals surface area contributed by atoms with Crippen LogP contribution in [0.15, 0.2) is 0 Å². The first-order chi connectivity index (χ1) is 9.46. The van der Waals surface area contributed by atoms with Crippen LogP contribution >= 0.6 is 0 Å². The number of fused-ring (bicyclic) bond motifs is 2. The SMILES string of the molecule is C[C@H]1[C@H](C)O[C@@H]2O[C@@]3(C)CC[C@H]4[C@H](C)CC[C@@H]1[C@@]24OO3. The molecule has 4 heterocycles. The molecule has 0 amide bonds. The first-order valence-corrected chi connectivity index (χ1v) is 8.16. The van der Waals surface area contributed by atoms with Crippen molar-refractivity contribution in [2.24, 2.45) is 23.7 Å². The maximum absolute atomic E-state index is 6.23. The average Bonchev–Trinajstić information content (AvgIpc) is 2.63. The van der Waals surface area contributed by atoms with E-state index in [1.807, 2.05) is 6.92 Å². The number of hydrogen-bond acceptors (Lipinski definition) is 4. The molecule has 0 aromatic rings. The lowest BCUT2D eigenvalue weighted by atomic mass is 9.57. The van der Waals surface area contributed by atoms with Crippen LogP contribution in [-0.2, 0) is 19.2 Å². The van der Waals surface area contributed by atoms with Crippen molar-refractivity contribution in [2.75, 3.05) is 0 Å². The van der Waals surface area contributed by atoms with Gasteiger partial charge >= 0.3 is 0 Å². The van der Waals surface area contributed by atoms with Gasteiger partial charge in [-0.3, -0.25) is 0 Å². The van der Waals surface area contributed by atoms with Gasteiger partial charge in [0.15, 0.2) is 11.9 Å². The van der Waals surface area contributed by atoms with E-state index < -0.39 is 5.79 Å². The molecule has 5 rings (SSSR count). The molecule has 0 N–H and O–H groups in total. The maximum Gasteiger partial charge on any atom is 0.201 e. The van der Waals surface area contributed by atoms with Crippen molar-refractivity contribution in [1.29, 1.82) is 0 Å². The predicted octanol–water partition coefficient (Wildman–Crippen LogP) is 3.26. The van der Waals surface area contributed by atoms with Gasteiger partial charge in [-0.2, -0.15) is 0 Å². The largest absolute Gasteiger partial charge is 0.346 e. The van der Waals surface area contributed by atoms with Crippen molar-refractivity contribution in [3.63, 3.8) is 0 Å². The molecule has 20 heavy (non-hydrogen) atoms. The van der Waals surface area contributed by atoms with Gasteiger partial charge in [-0.15, -0.1) is 0 Å². The Morgan fingerprint density at radius 1 is 0.950 bits per heavy atom. The Morgan fingerprint density at radius 2 is 1.75 bits per heavy atom. The number of hydrogen-bond donors (Lipinski definition) is 0. The molecule has 0 aromatic heterocycles. The van der Waals surface area contributed by atoms with Gasteiger partial charge in [-0.05, 0) is 50.9 Å². The summed E-state index contributed by atoms with van der Waals surface area (Å²) in [6.45, 7) is 8.77. The van der Waals surface area contributed by atoms with Gasteiger partial charge < -0.3 is 9.47 Å². The molecule has 0 aromatic carbocycles. The molecule has 5 aliphatic rings. The van der Waals surface area contributed by atoms with Crippen LogP contribution in [0.1, 0.15) is 53.4 Å². The Bertz CT molecular complexity index is 409. The van der Waals surface area contributed by atoms with Gasteiger partial charge in [-0.25, -0.2) is 9.78 Å². The minimum Gasteiger partial charge on any atom is -0.346 e. The minimum atomic E-state index is -0.641. The number of rotatable bonds is 0. The van der Waals surface area contributed by atoms with Crippen molar-refractivity contribution in [3.05, 3.63) is 0 Å². The van der Waals surface area contributed by atoms with E-state index in [0.29, 0.717) is 23.7 Å². The summed E-state index contributed by atoms with van der Waals surface area (Å²) in [7, 11) is 0. The molecule has 1 saturated carbocycles. The van der Waals surface area contributed by atoms with E-state index in [-0.39, 0.29) is 18.0 Å². The fraction of sp³-hybridized carbons (Fsp3) is 1.00. The summed E-state index contributed by atoms with van der Waals surface area (Å²) >= 11 is 0. The zero-order chi connectivity index (χ0) is 14.1. The molecular weight excluding hydrogens is 256 g/mol. The Morgan fingerprint density at radius 3 is 2.55 bits per heavy atom. The van der Waals surface area contributed by atoms with Crippen LogP contribution in [0.5, 0.6) is 0 Å². The molecule has 4 aliphatic heterocycles. The highest BCUT2D eigenvalue weighted by Crippen LogP contribution is 2.60. The first kappa shape index (κ1) is 13.5.